The first-order valence-corrected chi connectivity index (χ1v) is 9.74. The largest absolute Gasteiger partial charge is 0.506 e. The van der Waals surface area contributed by atoms with Gasteiger partial charge in [-0.25, -0.2) is 14.6 Å². The van der Waals surface area contributed by atoms with Crippen molar-refractivity contribution in [3.05, 3.63) is 46.1 Å². The predicted molar refractivity (Wildman–Crippen MR) is 109 cm³/mol. The van der Waals surface area contributed by atoms with E-state index in [1.165, 1.54) is 0 Å². The first-order valence-electron chi connectivity index (χ1n) is 8.92. The molecule has 8 nitrogen and oxygen atoms in total. The molecular formula is C20H21NO7S. The molecule has 0 bridgehead atoms. The number of benzene rings is 1. The maximum atomic E-state index is 12.2. The Bertz CT molecular complexity index is 885. The van der Waals surface area contributed by atoms with Crippen LogP contribution in [0, 0.1) is 0 Å². The molecule has 29 heavy (non-hydrogen) atoms. The van der Waals surface area contributed by atoms with Crippen molar-refractivity contribution in [3.8, 4) is 5.75 Å². The lowest BCUT2D eigenvalue weighted by Crippen LogP contribution is -2.14. The maximum absolute atomic E-state index is 12.2. The normalized spacial score (nSPS) is 16.3. The molecule has 0 unspecified atom stereocenters. The first kappa shape index (κ1) is 22.2. The Balaban J connectivity index is 2.31. The van der Waals surface area contributed by atoms with Crippen molar-refractivity contribution in [2.45, 2.75) is 26.7 Å². The minimum atomic E-state index is -1.08. The molecule has 0 atom stereocenters. The average molecular weight is 419 g/mol. The molecule has 1 aromatic carbocycles. The van der Waals surface area contributed by atoms with Crippen molar-refractivity contribution in [2.75, 3.05) is 13.2 Å². The zero-order chi connectivity index (χ0) is 21.4. The molecule has 1 aromatic rings. The number of aliphatic imine (C=N–C) groups is 1. The summed E-state index contributed by atoms with van der Waals surface area (Å²) in [5.74, 6) is -2.13. The summed E-state index contributed by atoms with van der Waals surface area (Å²) in [6.45, 7) is 3.15. The van der Waals surface area contributed by atoms with Gasteiger partial charge in [0.2, 0.25) is 5.91 Å². The van der Waals surface area contributed by atoms with Crippen LogP contribution in [0.15, 0.2) is 45.5 Å². The van der Waals surface area contributed by atoms with E-state index in [0.717, 1.165) is 11.8 Å². The standard InChI is InChI=1S/C20H21NO7S/c1-3-5-15(22)21-19-17(20(26)27-4-2)18(25)14(29-19)10-12-6-8-13(9-7-12)28-11-16(23)24/h6-10,25H,3-5,11H2,1-2H3,(H,23,24)/b14-10-,21-19?. The van der Waals surface area contributed by atoms with Gasteiger partial charge < -0.3 is 19.7 Å². The van der Waals surface area contributed by atoms with E-state index in [1.807, 2.05) is 6.92 Å². The number of thioether (sulfide) groups is 1. The molecular weight excluding hydrogens is 398 g/mol. The number of aliphatic carboxylic acids is 1. The van der Waals surface area contributed by atoms with Gasteiger partial charge in [0.1, 0.15) is 22.1 Å². The third-order valence-electron chi connectivity index (χ3n) is 3.60. The van der Waals surface area contributed by atoms with Crippen LogP contribution in [0.3, 0.4) is 0 Å². The summed E-state index contributed by atoms with van der Waals surface area (Å²) in [6, 6.07) is 6.50. The minimum absolute atomic E-state index is 0.104. The molecule has 0 fully saturated rings. The molecule has 9 heteroatoms. The molecule has 0 aliphatic carbocycles. The van der Waals surface area contributed by atoms with E-state index in [1.54, 1.807) is 37.3 Å². The van der Waals surface area contributed by atoms with E-state index >= 15 is 0 Å². The third-order valence-corrected chi connectivity index (χ3v) is 4.62. The van der Waals surface area contributed by atoms with E-state index in [0.29, 0.717) is 22.6 Å². The summed E-state index contributed by atoms with van der Waals surface area (Å²) in [6.07, 6.45) is 2.47. The van der Waals surface area contributed by atoms with Gasteiger partial charge in [0, 0.05) is 6.42 Å². The Morgan fingerprint density at radius 3 is 2.45 bits per heavy atom. The van der Waals surface area contributed by atoms with Gasteiger partial charge in [-0.15, -0.1) is 0 Å². The van der Waals surface area contributed by atoms with Crippen molar-refractivity contribution in [1.82, 2.24) is 0 Å². The number of nitrogens with zero attached hydrogens (tertiary/aromatic N) is 1. The second-order valence-corrected chi connectivity index (χ2v) is 6.90. The van der Waals surface area contributed by atoms with Crippen LogP contribution in [0.2, 0.25) is 0 Å². The van der Waals surface area contributed by atoms with Crippen LogP contribution in [0.25, 0.3) is 6.08 Å². The lowest BCUT2D eigenvalue weighted by Gasteiger charge is -2.03. The third kappa shape index (κ3) is 6.21. The van der Waals surface area contributed by atoms with Crippen LogP contribution >= 0.6 is 11.8 Å². The maximum Gasteiger partial charge on any atom is 0.344 e. The Labute approximate surface area is 171 Å². The smallest absolute Gasteiger partial charge is 0.344 e. The summed E-state index contributed by atoms with van der Waals surface area (Å²) < 4.78 is 10.0. The molecule has 1 amide bonds. The fraction of sp³-hybridized carbons (Fsp3) is 0.300. The van der Waals surface area contributed by atoms with Crippen LogP contribution in [0.5, 0.6) is 5.75 Å². The molecule has 1 heterocycles. The monoisotopic (exact) mass is 419 g/mol. The molecule has 0 spiro atoms. The van der Waals surface area contributed by atoms with E-state index < -0.39 is 18.5 Å². The predicted octanol–water partition coefficient (Wildman–Crippen LogP) is 3.34. The Morgan fingerprint density at radius 2 is 1.86 bits per heavy atom. The number of carboxylic acid groups (broad SMARTS) is 1. The van der Waals surface area contributed by atoms with Crippen molar-refractivity contribution in [2.24, 2.45) is 4.99 Å². The van der Waals surface area contributed by atoms with Crippen molar-refractivity contribution < 1.29 is 34.1 Å². The minimum Gasteiger partial charge on any atom is -0.506 e. The number of hydrogen-bond donors (Lipinski definition) is 2. The number of hydrogen-bond acceptors (Lipinski definition) is 7. The summed E-state index contributed by atoms with van der Waals surface area (Å²) in [5, 5.41) is 19.3. The van der Waals surface area contributed by atoms with Crippen LogP contribution < -0.4 is 4.74 Å². The number of carboxylic acids is 1. The van der Waals surface area contributed by atoms with Gasteiger partial charge in [-0.3, -0.25) is 4.79 Å². The van der Waals surface area contributed by atoms with E-state index in [-0.39, 0.29) is 35.3 Å². The number of carbonyl (C=O) groups excluding carboxylic acids is 2. The second kappa shape index (κ2) is 10.5. The Morgan fingerprint density at radius 1 is 1.17 bits per heavy atom. The highest BCUT2D eigenvalue weighted by Crippen LogP contribution is 2.39. The van der Waals surface area contributed by atoms with Crippen molar-refractivity contribution in [3.63, 3.8) is 0 Å². The number of aliphatic hydroxyl groups excluding tert-OH is 1. The molecule has 2 N–H and O–H groups in total. The highest BCUT2D eigenvalue weighted by Gasteiger charge is 2.33. The lowest BCUT2D eigenvalue weighted by atomic mass is 10.1. The van der Waals surface area contributed by atoms with Crippen LogP contribution in [0.1, 0.15) is 32.3 Å². The summed E-state index contributed by atoms with van der Waals surface area (Å²) >= 11 is 1.00. The molecule has 154 valence electrons. The SMILES string of the molecule is CCCC(=O)N=C1S/C(=C\c2ccc(OCC(=O)O)cc2)C(O)=C1C(=O)OCC. The van der Waals surface area contributed by atoms with Gasteiger partial charge in [-0.1, -0.05) is 30.8 Å². The molecule has 2 rings (SSSR count). The lowest BCUT2D eigenvalue weighted by molar-refractivity contribution is -0.139. The van der Waals surface area contributed by atoms with Crippen LogP contribution in [0.4, 0.5) is 0 Å². The number of rotatable bonds is 8. The molecule has 0 saturated carbocycles. The number of ether oxygens (including phenoxy) is 2. The van der Waals surface area contributed by atoms with Gasteiger partial charge in [0.15, 0.2) is 6.61 Å². The Hall–Kier alpha value is -3.07. The van der Waals surface area contributed by atoms with Crippen LogP contribution in [-0.4, -0.2) is 46.3 Å². The molecule has 1 aliphatic rings. The fourth-order valence-corrected chi connectivity index (χ4v) is 3.36. The summed E-state index contributed by atoms with van der Waals surface area (Å²) in [5.41, 5.74) is 0.542. The topological polar surface area (TPSA) is 122 Å². The zero-order valence-electron chi connectivity index (χ0n) is 16.0. The summed E-state index contributed by atoms with van der Waals surface area (Å²) in [4.78, 5) is 39.0. The van der Waals surface area contributed by atoms with Crippen molar-refractivity contribution >= 4 is 40.7 Å². The zero-order valence-corrected chi connectivity index (χ0v) is 16.8. The van der Waals surface area contributed by atoms with Crippen LogP contribution in [-0.2, 0) is 19.1 Å². The first-order chi connectivity index (χ1) is 13.8. The van der Waals surface area contributed by atoms with Gasteiger partial charge in [-0.05, 0) is 37.1 Å². The van der Waals surface area contributed by atoms with E-state index in [2.05, 4.69) is 4.99 Å². The van der Waals surface area contributed by atoms with E-state index in [4.69, 9.17) is 14.6 Å². The van der Waals surface area contributed by atoms with Gasteiger partial charge in [0.25, 0.3) is 0 Å². The van der Waals surface area contributed by atoms with Gasteiger partial charge in [0.05, 0.1) is 11.5 Å². The quantitative estimate of drug-likeness (QED) is 0.615. The number of esters is 1. The Kier molecular flexibility index (Phi) is 8.02. The van der Waals surface area contributed by atoms with E-state index in [9.17, 15) is 19.5 Å². The highest BCUT2D eigenvalue weighted by molar-refractivity contribution is 8.18. The fourth-order valence-electron chi connectivity index (χ4n) is 2.33. The van der Waals surface area contributed by atoms with Gasteiger partial charge in [-0.2, -0.15) is 0 Å². The second-order valence-electron chi connectivity index (χ2n) is 5.87. The highest BCUT2D eigenvalue weighted by atomic mass is 32.2. The number of amides is 1. The number of carbonyl (C=O) groups is 3. The molecule has 0 saturated heterocycles. The van der Waals surface area contributed by atoms with Crippen molar-refractivity contribution in [1.29, 1.82) is 0 Å². The van der Waals surface area contributed by atoms with Gasteiger partial charge >= 0.3 is 11.9 Å². The molecule has 1 aliphatic heterocycles. The summed E-state index contributed by atoms with van der Waals surface area (Å²) in [7, 11) is 0. The number of aliphatic hydroxyl groups is 1. The molecule has 0 radical (unpaired) electrons. The molecule has 0 aromatic heterocycles. The average Bonchev–Trinajstić information content (AvgIpc) is 2.96.